The predicted octanol–water partition coefficient (Wildman–Crippen LogP) is 3.88. The lowest BCUT2D eigenvalue weighted by Crippen LogP contribution is -2.14. The van der Waals surface area contributed by atoms with Gasteiger partial charge in [-0.25, -0.2) is 13.2 Å². The van der Waals surface area contributed by atoms with Gasteiger partial charge in [-0.3, -0.25) is 0 Å². The summed E-state index contributed by atoms with van der Waals surface area (Å²) >= 11 is 3.03. The van der Waals surface area contributed by atoms with Gasteiger partial charge in [-0.2, -0.15) is 0 Å². The van der Waals surface area contributed by atoms with Crippen LogP contribution >= 0.6 is 15.9 Å². The van der Waals surface area contributed by atoms with Gasteiger partial charge in [-0.15, -0.1) is 0 Å². The van der Waals surface area contributed by atoms with E-state index in [9.17, 15) is 13.2 Å². The molecule has 4 nitrogen and oxygen atoms in total. The van der Waals surface area contributed by atoms with Crippen molar-refractivity contribution in [3.05, 3.63) is 74.7 Å². The average molecular weight is 407 g/mol. The van der Waals surface area contributed by atoms with Crippen molar-refractivity contribution in [2.45, 2.75) is 18.2 Å². The van der Waals surface area contributed by atoms with Crippen molar-refractivity contribution in [3.63, 3.8) is 0 Å². The smallest absolute Gasteiger partial charge is 0.351 e. The van der Waals surface area contributed by atoms with Crippen LogP contribution < -0.4 is 5.63 Å². The Labute approximate surface area is 148 Å². The standard InChI is InChI=1S/C18H15BrO4S/c1-12-11-16(17(19)18(20)23-12)24(21,22)10-9-14-7-4-6-13-5-2-3-8-15(13)14/h2-8,11H,9-10H2,1H3. The summed E-state index contributed by atoms with van der Waals surface area (Å²) in [6.07, 6.45) is 0.370. The maximum Gasteiger partial charge on any atom is 0.351 e. The predicted molar refractivity (Wildman–Crippen MR) is 97.1 cm³/mol. The molecule has 1 heterocycles. The van der Waals surface area contributed by atoms with E-state index in [1.807, 2.05) is 42.5 Å². The topological polar surface area (TPSA) is 64.3 Å². The molecule has 6 heteroatoms. The first-order valence-electron chi connectivity index (χ1n) is 7.38. The lowest BCUT2D eigenvalue weighted by Gasteiger charge is -2.09. The van der Waals surface area contributed by atoms with Gasteiger partial charge in [-0.1, -0.05) is 42.5 Å². The number of hydrogen-bond acceptors (Lipinski definition) is 4. The van der Waals surface area contributed by atoms with Crippen molar-refractivity contribution in [1.29, 1.82) is 0 Å². The Morgan fingerprint density at radius 2 is 1.79 bits per heavy atom. The zero-order valence-corrected chi connectivity index (χ0v) is 15.4. The van der Waals surface area contributed by atoms with E-state index in [1.54, 1.807) is 6.92 Å². The minimum Gasteiger partial charge on any atom is -0.427 e. The van der Waals surface area contributed by atoms with Crippen LogP contribution in [0.15, 0.2) is 67.1 Å². The molecule has 0 amide bonds. The van der Waals surface area contributed by atoms with E-state index in [0.29, 0.717) is 6.42 Å². The van der Waals surface area contributed by atoms with Crippen LogP contribution in [0.4, 0.5) is 0 Å². The van der Waals surface area contributed by atoms with E-state index < -0.39 is 15.5 Å². The zero-order valence-electron chi connectivity index (χ0n) is 13.0. The largest absolute Gasteiger partial charge is 0.427 e. The van der Waals surface area contributed by atoms with Crippen LogP contribution in [0.1, 0.15) is 11.3 Å². The Kier molecular flexibility index (Phi) is 4.60. The summed E-state index contributed by atoms with van der Waals surface area (Å²) in [4.78, 5) is 11.7. The fourth-order valence-electron chi connectivity index (χ4n) is 2.66. The molecule has 1 aromatic heterocycles. The van der Waals surface area contributed by atoms with E-state index in [1.165, 1.54) is 6.07 Å². The minimum atomic E-state index is -3.61. The number of aryl methyl sites for hydroxylation is 2. The van der Waals surface area contributed by atoms with E-state index in [4.69, 9.17) is 4.42 Å². The molecular formula is C18H15BrO4S. The van der Waals surface area contributed by atoms with Crippen molar-refractivity contribution in [3.8, 4) is 0 Å². The summed E-state index contributed by atoms with van der Waals surface area (Å²) < 4.78 is 30.2. The Hall–Kier alpha value is -1.92. The van der Waals surface area contributed by atoms with Gasteiger partial charge in [0.05, 0.1) is 10.6 Å². The van der Waals surface area contributed by atoms with Crippen LogP contribution in [-0.4, -0.2) is 14.2 Å². The van der Waals surface area contributed by atoms with Gasteiger partial charge < -0.3 is 4.42 Å². The van der Waals surface area contributed by atoms with Gasteiger partial charge in [0.15, 0.2) is 9.84 Å². The van der Waals surface area contributed by atoms with E-state index >= 15 is 0 Å². The summed E-state index contributed by atoms with van der Waals surface area (Å²) in [7, 11) is -3.61. The molecule has 2 aromatic carbocycles. The van der Waals surface area contributed by atoms with E-state index in [0.717, 1.165) is 16.3 Å². The number of rotatable bonds is 4. The van der Waals surface area contributed by atoms with Crippen LogP contribution in [0.2, 0.25) is 0 Å². The number of fused-ring (bicyclic) bond motifs is 1. The summed E-state index contributed by atoms with van der Waals surface area (Å²) in [6, 6.07) is 15.1. The highest BCUT2D eigenvalue weighted by molar-refractivity contribution is 9.10. The average Bonchev–Trinajstić information content (AvgIpc) is 2.56. The summed E-state index contributed by atoms with van der Waals surface area (Å²) in [5.74, 6) is 0.189. The molecule has 0 spiro atoms. The third-order valence-corrected chi connectivity index (χ3v) is 6.59. The molecule has 0 fully saturated rings. The molecule has 0 aliphatic carbocycles. The summed E-state index contributed by atoms with van der Waals surface area (Å²) in [5.41, 5.74) is 0.284. The van der Waals surface area contributed by atoms with Gasteiger partial charge in [0.25, 0.3) is 0 Å². The van der Waals surface area contributed by atoms with Gasteiger partial charge in [0, 0.05) is 0 Å². The van der Waals surface area contributed by atoms with Crippen LogP contribution in [-0.2, 0) is 16.3 Å². The molecule has 24 heavy (non-hydrogen) atoms. The summed E-state index contributed by atoms with van der Waals surface area (Å²) in [6.45, 7) is 1.55. The van der Waals surface area contributed by atoms with Crippen LogP contribution in [0.25, 0.3) is 10.8 Å². The quantitative estimate of drug-likeness (QED) is 0.659. The zero-order chi connectivity index (χ0) is 17.3. The lowest BCUT2D eigenvalue weighted by molar-refractivity contribution is 0.469. The van der Waals surface area contributed by atoms with Crippen molar-refractivity contribution < 1.29 is 12.8 Å². The molecule has 0 saturated carbocycles. The normalized spacial score (nSPS) is 11.8. The van der Waals surface area contributed by atoms with Crippen LogP contribution in [0.5, 0.6) is 0 Å². The van der Waals surface area contributed by atoms with Crippen LogP contribution in [0, 0.1) is 6.92 Å². The Balaban J connectivity index is 1.95. The van der Waals surface area contributed by atoms with E-state index in [2.05, 4.69) is 15.9 Å². The fourth-order valence-corrected chi connectivity index (χ4v) is 5.01. The third kappa shape index (κ3) is 3.30. The van der Waals surface area contributed by atoms with Gasteiger partial charge in [0.2, 0.25) is 0 Å². The fraction of sp³-hybridized carbons (Fsp3) is 0.167. The number of sulfone groups is 1. The maximum absolute atomic E-state index is 12.7. The first kappa shape index (κ1) is 16.9. The highest BCUT2D eigenvalue weighted by atomic mass is 79.9. The lowest BCUT2D eigenvalue weighted by atomic mass is 10.0. The van der Waals surface area contributed by atoms with E-state index in [-0.39, 0.29) is 20.9 Å². The molecule has 0 N–H and O–H groups in total. The van der Waals surface area contributed by atoms with Crippen molar-refractivity contribution >= 4 is 36.5 Å². The molecule has 0 saturated heterocycles. The molecule has 0 bridgehead atoms. The highest BCUT2D eigenvalue weighted by Crippen LogP contribution is 2.24. The van der Waals surface area contributed by atoms with Crippen molar-refractivity contribution in [2.75, 3.05) is 5.75 Å². The first-order valence-corrected chi connectivity index (χ1v) is 9.83. The number of hydrogen-bond donors (Lipinski definition) is 0. The molecule has 0 aliphatic heterocycles. The second kappa shape index (κ2) is 6.53. The number of benzene rings is 2. The molecule has 3 rings (SSSR count). The molecule has 0 radical (unpaired) electrons. The molecule has 0 aliphatic rings. The maximum atomic E-state index is 12.7. The number of halogens is 1. The molecule has 124 valence electrons. The SMILES string of the molecule is Cc1cc(S(=O)(=O)CCc2cccc3ccccc23)c(Br)c(=O)o1. The molecule has 0 atom stereocenters. The monoisotopic (exact) mass is 406 g/mol. The Bertz CT molecular complexity index is 1060. The van der Waals surface area contributed by atoms with Crippen LogP contribution in [0.3, 0.4) is 0 Å². The molecule has 3 aromatic rings. The highest BCUT2D eigenvalue weighted by Gasteiger charge is 2.21. The van der Waals surface area contributed by atoms with Gasteiger partial charge in [0.1, 0.15) is 10.2 Å². The Morgan fingerprint density at radius 1 is 1.08 bits per heavy atom. The van der Waals surface area contributed by atoms with Crippen molar-refractivity contribution in [2.24, 2.45) is 0 Å². The van der Waals surface area contributed by atoms with Gasteiger partial charge in [-0.05, 0) is 51.7 Å². The minimum absolute atomic E-state index is 0.0171. The first-order chi connectivity index (χ1) is 11.4. The second-order valence-electron chi connectivity index (χ2n) is 5.53. The third-order valence-electron chi connectivity index (χ3n) is 3.84. The summed E-state index contributed by atoms with van der Waals surface area (Å²) in [5, 5.41) is 2.11. The second-order valence-corrected chi connectivity index (χ2v) is 8.40. The molecular weight excluding hydrogens is 392 g/mol. The molecule has 0 unspecified atom stereocenters. The Morgan fingerprint density at radius 3 is 2.58 bits per heavy atom. The van der Waals surface area contributed by atoms with Gasteiger partial charge >= 0.3 is 5.63 Å². The van der Waals surface area contributed by atoms with Crippen molar-refractivity contribution in [1.82, 2.24) is 0 Å².